The van der Waals surface area contributed by atoms with Crippen molar-refractivity contribution in [3.63, 3.8) is 0 Å². The lowest BCUT2D eigenvalue weighted by Gasteiger charge is -2.22. The van der Waals surface area contributed by atoms with Gasteiger partial charge in [-0.25, -0.2) is 12.8 Å². The number of alkyl halides is 6. The van der Waals surface area contributed by atoms with Gasteiger partial charge in [-0.3, -0.25) is 0 Å². The van der Waals surface area contributed by atoms with Crippen molar-refractivity contribution in [1.82, 2.24) is 9.29 Å². The first-order chi connectivity index (χ1) is 16.9. The van der Waals surface area contributed by atoms with Crippen LogP contribution in [0.4, 0.5) is 30.7 Å². The third kappa shape index (κ3) is 5.79. The van der Waals surface area contributed by atoms with E-state index in [4.69, 9.17) is 0 Å². The van der Waals surface area contributed by atoms with Crippen LogP contribution in [0.3, 0.4) is 0 Å². The molecule has 1 atom stereocenters. The Labute approximate surface area is 209 Å². The molecule has 0 amide bonds. The smallest absolute Gasteiger partial charge is 0.347 e. The van der Waals surface area contributed by atoms with Crippen LogP contribution in [0.5, 0.6) is 0 Å². The van der Waals surface area contributed by atoms with Gasteiger partial charge in [0.25, 0.3) is 0 Å². The van der Waals surface area contributed by atoms with Gasteiger partial charge in [0.05, 0.1) is 10.8 Å². The summed E-state index contributed by atoms with van der Waals surface area (Å²) in [6.07, 6.45) is -8.17. The molecule has 202 valence electrons. The third-order valence-corrected chi connectivity index (χ3v) is 7.96. The van der Waals surface area contributed by atoms with Crippen LogP contribution in [0.2, 0.25) is 0 Å². The summed E-state index contributed by atoms with van der Waals surface area (Å²) in [5.74, 6) is -1.13. The van der Waals surface area contributed by atoms with E-state index in [-0.39, 0.29) is 41.4 Å². The third-order valence-electron chi connectivity index (χ3n) is 6.05. The topological polar surface area (TPSA) is 51.1 Å². The molecule has 1 aliphatic carbocycles. The summed E-state index contributed by atoms with van der Waals surface area (Å²) >= 11 is 0. The summed E-state index contributed by atoms with van der Waals surface area (Å²) in [6.45, 7) is 5.62. The van der Waals surface area contributed by atoms with E-state index in [0.717, 1.165) is 24.3 Å². The van der Waals surface area contributed by atoms with Crippen molar-refractivity contribution in [2.75, 3.05) is 0 Å². The highest BCUT2D eigenvalue weighted by atomic mass is 32.2. The molecule has 0 saturated heterocycles. The molecule has 1 N–H and O–H groups in total. The Hall–Kier alpha value is -2.60. The maximum Gasteiger partial charge on any atom is 0.417 e. The SMILES string of the molecule is CC(C)(C)Cn1cc(C(NS(=O)(=O)C2CC2)C(F)(F)F)c2ccc(-c3c(F)cccc3C(F)(F)F)cc21. The molecule has 1 fully saturated rings. The van der Waals surface area contributed by atoms with Crippen LogP contribution < -0.4 is 4.72 Å². The highest BCUT2D eigenvalue weighted by Crippen LogP contribution is 2.43. The molecule has 4 rings (SSSR count). The molecular weight excluding hydrogens is 525 g/mol. The number of hydrogen-bond donors (Lipinski definition) is 1. The lowest BCUT2D eigenvalue weighted by molar-refractivity contribution is -0.152. The Morgan fingerprint density at radius 3 is 2.22 bits per heavy atom. The van der Waals surface area contributed by atoms with Gasteiger partial charge in [-0.05, 0) is 42.0 Å². The number of benzene rings is 2. The molecule has 2 aromatic carbocycles. The van der Waals surface area contributed by atoms with Gasteiger partial charge >= 0.3 is 12.4 Å². The van der Waals surface area contributed by atoms with Crippen molar-refractivity contribution >= 4 is 20.9 Å². The Morgan fingerprint density at radius 1 is 1.03 bits per heavy atom. The van der Waals surface area contributed by atoms with E-state index in [1.165, 1.54) is 22.9 Å². The Bertz CT molecular complexity index is 1430. The summed E-state index contributed by atoms with van der Waals surface area (Å²) in [6, 6.07) is 3.48. The summed E-state index contributed by atoms with van der Waals surface area (Å²) in [4.78, 5) is 0. The van der Waals surface area contributed by atoms with Crippen LogP contribution in [-0.2, 0) is 22.7 Å². The monoisotopic (exact) mass is 550 g/mol. The zero-order valence-electron chi connectivity index (χ0n) is 20.1. The van der Waals surface area contributed by atoms with Crippen LogP contribution in [0.25, 0.3) is 22.0 Å². The lowest BCUT2D eigenvalue weighted by Crippen LogP contribution is -2.39. The van der Waals surface area contributed by atoms with E-state index in [0.29, 0.717) is 0 Å². The summed E-state index contributed by atoms with van der Waals surface area (Å²) in [5.41, 5.74) is -2.82. The number of aromatic nitrogens is 1. The molecule has 0 aliphatic heterocycles. The zero-order chi connectivity index (χ0) is 27.6. The predicted molar refractivity (Wildman–Crippen MR) is 126 cm³/mol. The van der Waals surface area contributed by atoms with Gasteiger partial charge in [0.15, 0.2) is 0 Å². The molecule has 0 spiro atoms. The largest absolute Gasteiger partial charge is 0.417 e. The molecule has 1 saturated carbocycles. The van der Waals surface area contributed by atoms with Crippen molar-refractivity contribution in [2.24, 2.45) is 5.41 Å². The van der Waals surface area contributed by atoms with Crippen molar-refractivity contribution in [2.45, 2.75) is 63.8 Å². The number of sulfonamides is 1. The summed E-state index contributed by atoms with van der Waals surface area (Å²) < 4.78 is 126. The van der Waals surface area contributed by atoms with Gasteiger partial charge < -0.3 is 4.57 Å². The molecule has 1 aliphatic rings. The van der Waals surface area contributed by atoms with Crippen LogP contribution in [0, 0.1) is 11.2 Å². The summed E-state index contributed by atoms with van der Waals surface area (Å²) in [7, 11) is -4.24. The lowest BCUT2D eigenvalue weighted by atomic mass is 9.96. The maximum atomic E-state index is 14.7. The first-order valence-corrected chi connectivity index (χ1v) is 13.0. The molecule has 0 bridgehead atoms. The molecular formula is C25H25F7N2O2S. The molecule has 4 nitrogen and oxygen atoms in total. The van der Waals surface area contributed by atoms with Gasteiger partial charge in [0.1, 0.15) is 11.9 Å². The average molecular weight is 551 g/mol. The van der Waals surface area contributed by atoms with Gasteiger partial charge in [-0.15, -0.1) is 0 Å². The minimum absolute atomic E-state index is 0.00119. The predicted octanol–water partition coefficient (Wildman–Crippen LogP) is 7.20. The van der Waals surface area contributed by atoms with E-state index in [2.05, 4.69) is 0 Å². The first-order valence-electron chi connectivity index (χ1n) is 11.5. The fourth-order valence-electron chi connectivity index (χ4n) is 4.35. The first kappa shape index (κ1) is 27.4. The number of fused-ring (bicyclic) bond motifs is 1. The van der Waals surface area contributed by atoms with Crippen LogP contribution in [0.1, 0.15) is 50.8 Å². The number of rotatable bonds is 6. The molecule has 1 aromatic heterocycles. The quantitative estimate of drug-likeness (QED) is 0.330. The molecule has 1 heterocycles. The van der Waals surface area contributed by atoms with E-state index in [9.17, 15) is 39.2 Å². The van der Waals surface area contributed by atoms with Gasteiger partial charge in [-0.1, -0.05) is 39.0 Å². The van der Waals surface area contributed by atoms with Crippen LogP contribution in [-0.4, -0.2) is 24.4 Å². The highest BCUT2D eigenvalue weighted by molar-refractivity contribution is 7.90. The fourth-order valence-corrected chi connectivity index (χ4v) is 5.89. The number of nitrogens with one attached hydrogen (secondary N) is 1. The van der Waals surface area contributed by atoms with Crippen molar-refractivity contribution < 1.29 is 39.2 Å². The highest BCUT2D eigenvalue weighted by Gasteiger charge is 2.48. The van der Waals surface area contributed by atoms with E-state index >= 15 is 0 Å². The van der Waals surface area contributed by atoms with Gasteiger partial charge in [0.2, 0.25) is 10.0 Å². The Balaban J connectivity index is 1.94. The maximum absolute atomic E-state index is 14.7. The van der Waals surface area contributed by atoms with Crippen molar-refractivity contribution in [3.05, 3.63) is 59.5 Å². The second kappa shape index (κ2) is 9.00. The minimum Gasteiger partial charge on any atom is -0.347 e. The second-order valence-electron chi connectivity index (χ2n) is 10.5. The number of nitrogens with zero attached hydrogens (tertiary/aromatic N) is 1. The normalized spacial score (nSPS) is 16.4. The Morgan fingerprint density at radius 2 is 1.68 bits per heavy atom. The molecule has 3 aromatic rings. The van der Waals surface area contributed by atoms with E-state index in [1.54, 1.807) is 4.72 Å². The van der Waals surface area contributed by atoms with E-state index in [1.807, 2.05) is 20.8 Å². The zero-order valence-corrected chi connectivity index (χ0v) is 21.0. The van der Waals surface area contributed by atoms with Gasteiger partial charge in [0, 0.05) is 34.8 Å². The van der Waals surface area contributed by atoms with Crippen LogP contribution in [0.15, 0.2) is 42.6 Å². The second-order valence-corrected chi connectivity index (χ2v) is 12.5. The molecule has 1 unspecified atom stereocenters. The van der Waals surface area contributed by atoms with Gasteiger partial charge in [-0.2, -0.15) is 31.1 Å². The fraction of sp³-hybridized carbons (Fsp3) is 0.440. The molecule has 12 heteroatoms. The molecule has 0 radical (unpaired) electrons. The standard InChI is InChI=1S/C25H25F7N2O2S/c1-23(2,3)13-34-12-17(22(25(30,31)32)33-37(35,36)15-8-9-15)16-10-7-14(11-20(16)34)21-18(24(27,28)29)5-4-6-19(21)26/h4-7,10-12,15,22,33H,8-9,13H2,1-3H3. The van der Waals surface area contributed by atoms with Crippen molar-refractivity contribution in [3.8, 4) is 11.1 Å². The average Bonchev–Trinajstić information content (AvgIpc) is 3.54. The number of halogens is 7. The van der Waals surface area contributed by atoms with Crippen LogP contribution >= 0.6 is 0 Å². The number of hydrogen-bond acceptors (Lipinski definition) is 2. The minimum atomic E-state index is -4.99. The molecule has 37 heavy (non-hydrogen) atoms. The van der Waals surface area contributed by atoms with E-state index < -0.39 is 56.0 Å². The van der Waals surface area contributed by atoms with Crippen molar-refractivity contribution in [1.29, 1.82) is 0 Å². The Kier molecular flexibility index (Phi) is 6.68. The summed E-state index contributed by atoms with van der Waals surface area (Å²) in [5, 5.41) is -0.896.